The lowest BCUT2D eigenvalue weighted by molar-refractivity contribution is -0.124. The average Bonchev–Trinajstić information content (AvgIpc) is 2.78. The summed E-state index contributed by atoms with van der Waals surface area (Å²) < 4.78 is 5.54. The first-order valence-electron chi connectivity index (χ1n) is 4.90. The second kappa shape index (κ2) is 2.56. The number of fused-ring (bicyclic) bond motifs is 1. The van der Waals surface area contributed by atoms with E-state index in [1.54, 1.807) is 0 Å². The molecule has 2 nitrogen and oxygen atoms in total. The molecule has 1 saturated carbocycles. The van der Waals surface area contributed by atoms with Crippen molar-refractivity contribution in [1.29, 1.82) is 0 Å². The van der Waals surface area contributed by atoms with Crippen LogP contribution in [0.4, 0.5) is 0 Å². The molecule has 1 aliphatic carbocycles. The van der Waals surface area contributed by atoms with Gasteiger partial charge in [0, 0.05) is 6.42 Å². The molecule has 0 N–H and O–H groups in total. The van der Waals surface area contributed by atoms with Gasteiger partial charge in [-0.15, -0.1) is 0 Å². The molecule has 1 saturated heterocycles. The Morgan fingerprint density at radius 3 is 3.00 bits per heavy atom. The highest BCUT2D eigenvalue weighted by atomic mass is 16.6. The molecule has 1 heterocycles. The molecule has 1 aliphatic heterocycles. The van der Waals surface area contributed by atoms with Gasteiger partial charge in [0.05, 0.1) is 6.10 Å². The normalized spacial score (nSPS) is 45.2. The molecule has 3 atom stereocenters. The average molecular weight is 168 g/mol. The highest BCUT2D eigenvalue weighted by molar-refractivity contribution is 5.90. The van der Waals surface area contributed by atoms with Crippen molar-refractivity contribution in [3.05, 3.63) is 0 Å². The zero-order chi connectivity index (χ0) is 8.77. The van der Waals surface area contributed by atoms with Gasteiger partial charge in [-0.2, -0.15) is 0 Å². The number of Topliss-reactive ketones (excluding diaryl/α,β-unsaturated/α-hetero) is 1. The maximum atomic E-state index is 11.5. The quantitative estimate of drug-likeness (QED) is 0.589. The second-order valence-electron chi connectivity index (χ2n) is 4.15. The van der Waals surface area contributed by atoms with Gasteiger partial charge < -0.3 is 4.74 Å². The van der Waals surface area contributed by atoms with Crippen LogP contribution in [0.3, 0.4) is 0 Å². The Balaban J connectivity index is 2.04. The van der Waals surface area contributed by atoms with Crippen LogP contribution in [0, 0.1) is 5.92 Å². The summed E-state index contributed by atoms with van der Waals surface area (Å²) >= 11 is 0. The summed E-state index contributed by atoms with van der Waals surface area (Å²) in [6.07, 6.45) is 4.11. The topological polar surface area (TPSA) is 29.6 Å². The van der Waals surface area contributed by atoms with Crippen LogP contribution in [0.1, 0.15) is 39.5 Å². The standard InChI is InChI=1S/C10H16O2/c1-3-8(11)10-5-4-7(2)6-9(10)12-10/h7,9H,3-6H2,1-2H3. The highest BCUT2D eigenvalue weighted by Crippen LogP contribution is 2.50. The Morgan fingerprint density at radius 2 is 2.42 bits per heavy atom. The monoisotopic (exact) mass is 168 g/mol. The molecular formula is C10H16O2. The fourth-order valence-electron chi connectivity index (χ4n) is 2.31. The van der Waals surface area contributed by atoms with E-state index in [9.17, 15) is 4.79 Å². The van der Waals surface area contributed by atoms with E-state index >= 15 is 0 Å². The summed E-state index contributed by atoms with van der Waals surface area (Å²) in [4.78, 5) is 11.5. The Bertz CT molecular complexity index is 212. The lowest BCUT2D eigenvalue weighted by Crippen LogP contribution is -2.31. The van der Waals surface area contributed by atoms with E-state index in [1.165, 1.54) is 0 Å². The van der Waals surface area contributed by atoms with Crippen LogP contribution in [0.2, 0.25) is 0 Å². The lowest BCUT2D eigenvalue weighted by atomic mass is 9.80. The molecule has 2 aliphatic rings. The third-order valence-electron chi connectivity index (χ3n) is 3.23. The second-order valence-corrected chi connectivity index (χ2v) is 4.15. The maximum Gasteiger partial charge on any atom is 0.167 e. The molecule has 3 unspecified atom stereocenters. The zero-order valence-corrected chi connectivity index (χ0v) is 7.80. The van der Waals surface area contributed by atoms with E-state index in [0.29, 0.717) is 12.2 Å². The van der Waals surface area contributed by atoms with Gasteiger partial charge in [0.15, 0.2) is 11.4 Å². The minimum Gasteiger partial charge on any atom is -0.358 e. The van der Waals surface area contributed by atoms with Crippen molar-refractivity contribution >= 4 is 5.78 Å². The molecule has 0 amide bonds. The van der Waals surface area contributed by atoms with Crippen LogP contribution in [0.15, 0.2) is 0 Å². The molecular weight excluding hydrogens is 152 g/mol. The van der Waals surface area contributed by atoms with Gasteiger partial charge in [-0.25, -0.2) is 0 Å². The van der Waals surface area contributed by atoms with Crippen molar-refractivity contribution in [3.8, 4) is 0 Å². The van der Waals surface area contributed by atoms with Crippen molar-refractivity contribution in [1.82, 2.24) is 0 Å². The Hall–Kier alpha value is -0.370. The smallest absolute Gasteiger partial charge is 0.167 e. The van der Waals surface area contributed by atoms with Crippen molar-refractivity contribution in [2.75, 3.05) is 0 Å². The van der Waals surface area contributed by atoms with Crippen molar-refractivity contribution < 1.29 is 9.53 Å². The van der Waals surface area contributed by atoms with Crippen LogP contribution in [-0.2, 0) is 9.53 Å². The van der Waals surface area contributed by atoms with Gasteiger partial charge in [0.2, 0.25) is 0 Å². The van der Waals surface area contributed by atoms with E-state index in [0.717, 1.165) is 25.2 Å². The molecule has 0 aromatic heterocycles. The van der Waals surface area contributed by atoms with Crippen LogP contribution >= 0.6 is 0 Å². The van der Waals surface area contributed by atoms with Gasteiger partial charge >= 0.3 is 0 Å². The molecule has 0 aromatic carbocycles. The van der Waals surface area contributed by atoms with Crippen molar-refractivity contribution in [2.24, 2.45) is 5.92 Å². The maximum absolute atomic E-state index is 11.5. The predicted molar refractivity (Wildman–Crippen MR) is 45.9 cm³/mol. The highest BCUT2D eigenvalue weighted by Gasteiger charge is 2.62. The van der Waals surface area contributed by atoms with Crippen LogP contribution in [0.5, 0.6) is 0 Å². The molecule has 0 aromatic rings. The van der Waals surface area contributed by atoms with E-state index in [1.807, 2.05) is 6.92 Å². The largest absolute Gasteiger partial charge is 0.358 e. The number of epoxide rings is 1. The number of carbonyl (C=O) groups is 1. The molecule has 0 radical (unpaired) electrons. The molecule has 2 heteroatoms. The lowest BCUT2D eigenvalue weighted by Gasteiger charge is -2.19. The number of ketones is 1. The summed E-state index contributed by atoms with van der Waals surface area (Å²) in [7, 11) is 0. The summed E-state index contributed by atoms with van der Waals surface area (Å²) in [5.41, 5.74) is -0.304. The molecule has 0 bridgehead atoms. The van der Waals surface area contributed by atoms with E-state index in [4.69, 9.17) is 4.74 Å². The number of hydrogen-bond acceptors (Lipinski definition) is 2. The molecule has 68 valence electrons. The predicted octanol–water partition coefficient (Wildman–Crippen LogP) is 1.92. The third-order valence-corrected chi connectivity index (χ3v) is 3.23. The minimum atomic E-state index is -0.304. The van der Waals surface area contributed by atoms with Crippen molar-refractivity contribution in [2.45, 2.75) is 51.2 Å². The first kappa shape index (κ1) is 8.24. The van der Waals surface area contributed by atoms with E-state index in [2.05, 4.69) is 6.92 Å². The first-order valence-corrected chi connectivity index (χ1v) is 4.90. The van der Waals surface area contributed by atoms with E-state index in [-0.39, 0.29) is 11.7 Å². The minimum absolute atomic E-state index is 0.272. The van der Waals surface area contributed by atoms with Crippen LogP contribution < -0.4 is 0 Å². The molecule has 2 fully saturated rings. The van der Waals surface area contributed by atoms with Gasteiger partial charge in [0.25, 0.3) is 0 Å². The number of hydrogen-bond donors (Lipinski definition) is 0. The fraction of sp³-hybridized carbons (Fsp3) is 0.900. The Morgan fingerprint density at radius 1 is 1.67 bits per heavy atom. The van der Waals surface area contributed by atoms with Gasteiger partial charge in [-0.3, -0.25) is 4.79 Å². The molecule has 2 rings (SSSR count). The Labute approximate surface area is 73.3 Å². The molecule has 12 heavy (non-hydrogen) atoms. The third kappa shape index (κ3) is 1.01. The van der Waals surface area contributed by atoms with Crippen molar-refractivity contribution in [3.63, 3.8) is 0 Å². The van der Waals surface area contributed by atoms with Crippen LogP contribution in [0.25, 0.3) is 0 Å². The fourth-order valence-corrected chi connectivity index (χ4v) is 2.31. The van der Waals surface area contributed by atoms with Gasteiger partial charge in [0.1, 0.15) is 0 Å². The van der Waals surface area contributed by atoms with Crippen LogP contribution in [-0.4, -0.2) is 17.5 Å². The van der Waals surface area contributed by atoms with Gasteiger partial charge in [-0.1, -0.05) is 13.8 Å². The SMILES string of the molecule is CCC(=O)C12CCC(C)CC1O2. The summed E-state index contributed by atoms with van der Waals surface area (Å²) in [6.45, 7) is 4.16. The first-order chi connectivity index (χ1) is 5.69. The van der Waals surface area contributed by atoms with E-state index < -0.39 is 0 Å². The number of rotatable bonds is 2. The molecule has 0 spiro atoms. The number of carbonyl (C=O) groups excluding carboxylic acids is 1. The number of ether oxygens (including phenoxy) is 1. The Kier molecular flexibility index (Phi) is 1.76. The summed E-state index contributed by atoms with van der Waals surface area (Å²) in [5.74, 6) is 1.06. The zero-order valence-electron chi connectivity index (χ0n) is 7.80. The van der Waals surface area contributed by atoms with Gasteiger partial charge in [-0.05, 0) is 25.2 Å². The summed E-state index contributed by atoms with van der Waals surface area (Å²) in [6, 6.07) is 0. The summed E-state index contributed by atoms with van der Waals surface area (Å²) in [5, 5.41) is 0.